The van der Waals surface area contributed by atoms with Crippen molar-refractivity contribution in [2.45, 2.75) is 26.3 Å². The number of rotatable bonds is 5. The zero-order chi connectivity index (χ0) is 18.6. The van der Waals surface area contributed by atoms with Gasteiger partial charge in [0.15, 0.2) is 0 Å². The number of carbonyl (C=O) groups is 2. The first-order chi connectivity index (χ1) is 11.8. The van der Waals surface area contributed by atoms with Gasteiger partial charge in [-0.05, 0) is 37.5 Å². The summed E-state index contributed by atoms with van der Waals surface area (Å²) in [6, 6.07) is 4.83. The van der Waals surface area contributed by atoms with Crippen molar-refractivity contribution in [3.05, 3.63) is 23.8 Å². The van der Waals surface area contributed by atoms with Crippen molar-refractivity contribution in [1.29, 1.82) is 0 Å². The maximum absolute atomic E-state index is 12.6. The van der Waals surface area contributed by atoms with E-state index in [2.05, 4.69) is 5.32 Å². The lowest BCUT2D eigenvalue weighted by Crippen LogP contribution is -2.49. The van der Waals surface area contributed by atoms with Gasteiger partial charge in [0, 0.05) is 18.7 Å². The van der Waals surface area contributed by atoms with E-state index in [9.17, 15) is 14.7 Å². The summed E-state index contributed by atoms with van der Waals surface area (Å²) in [7, 11) is 3.15. The zero-order valence-electron chi connectivity index (χ0n) is 15.1. The summed E-state index contributed by atoms with van der Waals surface area (Å²) in [5.41, 5.74) is 0.801. The predicted molar refractivity (Wildman–Crippen MR) is 93.0 cm³/mol. The van der Waals surface area contributed by atoms with Gasteiger partial charge in [-0.25, -0.2) is 4.79 Å². The van der Waals surface area contributed by atoms with E-state index >= 15 is 0 Å². The van der Waals surface area contributed by atoms with Crippen molar-refractivity contribution < 1.29 is 24.2 Å². The normalized spacial score (nSPS) is 21.4. The summed E-state index contributed by atoms with van der Waals surface area (Å²) < 4.78 is 10.6. The van der Waals surface area contributed by atoms with Gasteiger partial charge in [-0.3, -0.25) is 4.79 Å². The first-order valence-electron chi connectivity index (χ1n) is 8.35. The molecule has 3 unspecified atom stereocenters. The van der Waals surface area contributed by atoms with Crippen molar-refractivity contribution in [3.8, 4) is 11.5 Å². The lowest BCUT2D eigenvalue weighted by molar-refractivity contribution is -0.143. The van der Waals surface area contributed by atoms with Crippen LogP contribution in [0.15, 0.2) is 18.2 Å². The summed E-state index contributed by atoms with van der Waals surface area (Å²) in [5, 5.41) is 12.2. The van der Waals surface area contributed by atoms with E-state index in [0.29, 0.717) is 24.5 Å². The maximum atomic E-state index is 12.6. The average molecular weight is 350 g/mol. The average Bonchev–Trinajstić information content (AvgIpc) is 2.60. The van der Waals surface area contributed by atoms with Crippen LogP contribution in [0.25, 0.3) is 0 Å². The highest BCUT2D eigenvalue weighted by molar-refractivity contribution is 5.77. The third-order valence-corrected chi connectivity index (χ3v) is 4.54. The van der Waals surface area contributed by atoms with Crippen LogP contribution in [0.1, 0.15) is 31.9 Å². The topological polar surface area (TPSA) is 88.1 Å². The quantitative estimate of drug-likeness (QED) is 0.852. The van der Waals surface area contributed by atoms with Crippen LogP contribution >= 0.6 is 0 Å². The van der Waals surface area contributed by atoms with Gasteiger partial charge in [0.2, 0.25) is 0 Å². The predicted octanol–water partition coefficient (Wildman–Crippen LogP) is 2.52. The number of piperidine rings is 1. The minimum absolute atomic E-state index is 0.155. The van der Waals surface area contributed by atoms with E-state index in [1.807, 2.05) is 19.9 Å². The molecule has 138 valence electrons. The molecule has 0 aromatic heterocycles. The molecule has 2 N–H and O–H groups in total. The van der Waals surface area contributed by atoms with Crippen molar-refractivity contribution in [2.24, 2.45) is 11.8 Å². The lowest BCUT2D eigenvalue weighted by atomic mass is 9.91. The largest absolute Gasteiger partial charge is 0.497 e. The number of carboxylic acids is 1. The van der Waals surface area contributed by atoms with Gasteiger partial charge in [0.25, 0.3) is 0 Å². The molecule has 25 heavy (non-hydrogen) atoms. The first kappa shape index (κ1) is 18.9. The molecule has 2 rings (SSSR count). The number of benzene rings is 1. The highest BCUT2D eigenvalue weighted by Gasteiger charge is 2.32. The Bertz CT molecular complexity index is 634. The lowest BCUT2D eigenvalue weighted by Gasteiger charge is -2.35. The molecule has 2 amide bonds. The van der Waals surface area contributed by atoms with E-state index < -0.39 is 11.9 Å². The van der Waals surface area contributed by atoms with Crippen LogP contribution < -0.4 is 14.8 Å². The molecule has 1 heterocycles. The number of methoxy groups -OCH3 is 2. The highest BCUT2D eigenvalue weighted by Crippen LogP contribution is 2.29. The second kappa shape index (κ2) is 8.09. The second-order valence-corrected chi connectivity index (χ2v) is 6.56. The summed E-state index contributed by atoms with van der Waals surface area (Å²) in [6.45, 7) is 4.60. The van der Waals surface area contributed by atoms with Crippen LogP contribution in [-0.4, -0.2) is 49.3 Å². The van der Waals surface area contributed by atoms with Crippen molar-refractivity contribution >= 4 is 12.0 Å². The Hall–Kier alpha value is -2.44. The number of urea groups is 1. The summed E-state index contributed by atoms with van der Waals surface area (Å²) in [6.07, 6.45) is 0.596. The summed E-state index contributed by atoms with van der Waals surface area (Å²) >= 11 is 0. The molecule has 1 saturated heterocycles. The summed E-state index contributed by atoms with van der Waals surface area (Å²) in [5.74, 6) is 0.115. The Labute approximate surface area is 147 Å². The molecule has 0 aliphatic carbocycles. The zero-order valence-corrected chi connectivity index (χ0v) is 15.1. The minimum Gasteiger partial charge on any atom is -0.497 e. The first-order valence-corrected chi connectivity index (χ1v) is 8.35. The number of nitrogens with zero attached hydrogens (tertiary/aromatic N) is 1. The molecule has 0 radical (unpaired) electrons. The molecule has 1 aliphatic rings. The monoisotopic (exact) mass is 350 g/mol. The van der Waals surface area contributed by atoms with Gasteiger partial charge in [0.1, 0.15) is 11.5 Å². The molecule has 7 nitrogen and oxygen atoms in total. The number of likely N-dealkylation sites (tertiary alicyclic amines) is 1. The Morgan fingerprint density at radius 1 is 1.28 bits per heavy atom. The van der Waals surface area contributed by atoms with Crippen LogP contribution in [0.3, 0.4) is 0 Å². The van der Waals surface area contributed by atoms with Gasteiger partial charge in [-0.1, -0.05) is 6.92 Å². The van der Waals surface area contributed by atoms with Crippen molar-refractivity contribution in [2.75, 3.05) is 27.3 Å². The number of aliphatic carboxylic acids is 1. The van der Waals surface area contributed by atoms with E-state index in [1.165, 1.54) is 0 Å². The second-order valence-electron chi connectivity index (χ2n) is 6.56. The Morgan fingerprint density at radius 2 is 2.00 bits per heavy atom. The molecule has 7 heteroatoms. The van der Waals surface area contributed by atoms with Crippen LogP contribution in [0.5, 0.6) is 11.5 Å². The standard InChI is InChI=1S/C18H26N2O5/c1-11-7-13(17(21)22)10-20(9-11)18(23)19-12(2)15-8-14(24-3)5-6-16(15)25-4/h5-6,8,11-13H,7,9-10H2,1-4H3,(H,19,23)(H,21,22). The van der Waals surface area contributed by atoms with E-state index in [0.717, 1.165) is 5.56 Å². The van der Waals surface area contributed by atoms with E-state index in [-0.39, 0.29) is 24.5 Å². The maximum Gasteiger partial charge on any atom is 0.317 e. The molecule has 0 bridgehead atoms. The fourth-order valence-electron chi connectivity index (χ4n) is 3.23. The third kappa shape index (κ3) is 4.55. The summed E-state index contributed by atoms with van der Waals surface area (Å²) in [4.78, 5) is 25.5. The molecular weight excluding hydrogens is 324 g/mol. The molecule has 1 aromatic rings. The number of ether oxygens (including phenoxy) is 2. The fourth-order valence-corrected chi connectivity index (χ4v) is 3.23. The molecule has 1 aliphatic heterocycles. The number of nitrogens with one attached hydrogen (secondary N) is 1. The van der Waals surface area contributed by atoms with Crippen LogP contribution in [0.4, 0.5) is 4.79 Å². The molecule has 1 fully saturated rings. The van der Waals surface area contributed by atoms with Crippen molar-refractivity contribution in [1.82, 2.24) is 10.2 Å². The molecular formula is C18H26N2O5. The van der Waals surface area contributed by atoms with Gasteiger partial charge in [-0.2, -0.15) is 0 Å². The smallest absolute Gasteiger partial charge is 0.317 e. The molecule has 3 atom stereocenters. The SMILES string of the molecule is COc1ccc(OC)c(C(C)NC(=O)N2CC(C)CC(C(=O)O)C2)c1. The van der Waals surface area contributed by atoms with Gasteiger partial charge in [-0.15, -0.1) is 0 Å². The van der Waals surface area contributed by atoms with Gasteiger partial charge < -0.3 is 24.8 Å². The Balaban J connectivity index is 2.10. The van der Waals surface area contributed by atoms with E-state index in [1.54, 1.807) is 31.3 Å². The van der Waals surface area contributed by atoms with Crippen LogP contribution in [0, 0.1) is 11.8 Å². The highest BCUT2D eigenvalue weighted by atomic mass is 16.5. The van der Waals surface area contributed by atoms with Crippen molar-refractivity contribution in [3.63, 3.8) is 0 Å². The Kier molecular flexibility index (Phi) is 6.12. The molecule has 0 spiro atoms. The van der Waals surface area contributed by atoms with Gasteiger partial charge >= 0.3 is 12.0 Å². The molecule has 0 saturated carbocycles. The molecule has 1 aromatic carbocycles. The third-order valence-electron chi connectivity index (χ3n) is 4.54. The van der Waals surface area contributed by atoms with Gasteiger partial charge in [0.05, 0.1) is 26.2 Å². The number of hydrogen-bond donors (Lipinski definition) is 2. The number of amides is 2. The number of hydrogen-bond acceptors (Lipinski definition) is 4. The number of carboxylic acid groups (broad SMARTS) is 1. The minimum atomic E-state index is -0.855. The van der Waals surface area contributed by atoms with E-state index in [4.69, 9.17) is 9.47 Å². The Morgan fingerprint density at radius 3 is 2.60 bits per heavy atom. The fraction of sp³-hybridized carbons (Fsp3) is 0.556. The number of carbonyl (C=O) groups excluding carboxylic acids is 1. The van der Waals surface area contributed by atoms with Crippen LogP contribution in [-0.2, 0) is 4.79 Å². The van der Waals surface area contributed by atoms with Crippen LogP contribution in [0.2, 0.25) is 0 Å².